The highest BCUT2D eigenvalue weighted by Crippen LogP contribution is 2.39. The van der Waals surface area contributed by atoms with Crippen LogP contribution in [0.4, 0.5) is 10.3 Å². The molecular weight excluding hydrogens is 287 g/mol. The predicted octanol–water partition coefficient (Wildman–Crippen LogP) is 1.21. The van der Waals surface area contributed by atoms with Crippen LogP contribution in [0, 0.1) is 5.82 Å². The molecule has 0 bridgehead atoms. The molecule has 0 radical (unpaired) electrons. The number of hydrogen-bond donors (Lipinski definition) is 0. The van der Waals surface area contributed by atoms with Crippen LogP contribution >= 0.6 is 0 Å². The number of anilines is 1. The summed E-state index contributed by atoms with van der Waals surface area (Å²) in [6.07, 6.45) is 8.83. The number of piperidine rings is 1. The zero-order valence-corrected chi connectivity index (χ0v) is 12.1. The van der Waals surface area contributed by atoms with E-state index in [-0.39, 0.29) is 11.6 Å². The van der Waals surface area contributed by atoms with Gasteiger partial charge in [0.2, 0.25) is 5.95 Å². The monoisotopic (exact) mass is 304 g/mol. The third kappa shape index (κ3) is 2.43. The standard InChI is InChI=1S/C14H17FN6O/c15-11-5-16-13(17-6-11)20-3-1-2-14(8-20)4-12(7-22-14)21-9-18-19-10-21/h5-6,9-10,12H,1-4,7-8H2/t12-,14+/m0/s1. The van der Waals surface area contributed by atoms with E-state index in [9.17, 15) is 4.39 Å². The summed E-state index contributed by atoms with van der Waals surface area (Å²) in [7, 11) is 0. The van der Waals surface area contributed by atoms with Crippen LogP contribution in [0.3, 0.4) is 0 Å². The molecule has 2 aromatic rings. The Kier molecular flexibility index (Phi) is 3.25. The predicted molar refractivity (Wildman–Crippen MR) is 75.8 cm³/mol. The molecule has 0 N–H and O–H groups in total. The van der Waals surface area contributed by atoms with Gasteiger partial charge in [-0.2, -0.15) is 0 Å². The maximum absolute atomic E-state index is 13.0. The van der Waals surface area contributed by atoms with Gasteiger partial charge in [-0.1, -0.05) is 0 Å². The number of hydrogen-bond acceptors (Lipinski definition) is 6. The second kappa shape index (κ2) is 5.28. The van der Waals surface area contributed by atoms with E-state index >= 15 is 0 Å². The maximum Gasteiger partial charge on any atom is 0.225 e. The number of aromatic nitrogens is 5. The molecule has 0 aromatic carbocycles. The number of halogens is 1. The summed E-state index contributed by atoms with van der Waals surface area (Å²) in [5, 5.41) is 7.73. The molecule has 7 nitrogen and oxygen atoms in total. The van der Waals surface area contributed by atoms with Gasteiger partial charge in [-0.15, -0.1) is 10.2 Å². The molecule has 116 valence electrons. The topological polar surface area (TPSA) is 69.0 Å². The highest BCUT2D eigenvalue weighted by Gasteiger charge is 2.44. The van der Waals surface area contributed by atoms with Gasteiger partial charge in [0.05, 0.1) is 30.6 Å². The zero-order chi connectivity index (χ0) is 15.0. The van der Waals surface area contributed by atoms with Crippen LogP contribution in [-0.4, -0.2) is 50.0 Å². The van der Waals surface area contributed by atoms with Gasteiger partial charge in [-0.05, 0) is 12.8 Å². The first-order valence-electron chi connectivity index (χ1n) is 7.45. The minimum absolute atomic E-state index is 0.190. The Labute approximate surface area is 127 Å². The molecule has 2 saturated heterocycles. The summed E-state index contributed by atoms with van der Waals surface area (Å²) in [4.78, 5) is 10.2. The average Bonchev–Trinajstić information content (AvgIpc) is 3.18. The van der Waals surface area contributed by atoms with E-state index in [2.05, 4.69) is 25.1 Å². The van der Waals surface area contributed by atoms with Crippen molar-refractivity contribution in [3.8, 4) is 0 Å². The van der Waals surface area contributed by atoms with Crippen molar-refractivity contribution in [2.75, 3.05) is 24.6 Å². The lowest BCUT2D eigenvalue weighted by molar-refractivity contribution is -0.00720. The lowest BCUT2D eigenvalue weighted by Crippen LogP contribution is -2.48. The van der Waals surface area contributed by atoms with Gasteiger partial charge in [-0.25, -0.2) is 14.4 Å². The molecule has 2 fully saturated rings. The second-order valence-electron chi connectivity index (χ2n) is 5.99. The fraction of sp³-hybridized carbons (Fsp3) is 0.571. The molecule has 2 aliphatic rings. The average molecular weight is 304 g/mol. The molecule has 2 aliphatic heterocycles. The van der Waals surface area contributed by atoms with E-state index in [4.69, 9.17) is 4.74 Å². The number of rotatable bonds is 2. The molecular formula is C14H17FN6O. The van der Waals surface area contributed by atoms with E-state index in [0.29, 0.717) is 12.6 Å². The van der Waals surface area contributed by atoms with Gasteiger partial charge in [-0.3, -0.25) is 0 Å². The van der Waals surface area contributed by atoms with Crippen LogP contribution in [-0.2, 0) is 4.74 Å². The van der Waals surface area contributed by atoms with Gasteiger partial charge < -0.3 is 14.2 Å². The molecule has 4 heterocycles. The number of nitrogens with zero attached hydrogens (tertiary/aromatic N) is 6. The van der Waals surface area contributed by atoms with Gasteiger partial charge in [0.25, 0.3) is 0 Å². The van der Waals surface area contributed by atoms with Crippen LogP contribution in [0.2, 0.25) is 0 Å². The zero-order valence-electron chi connectivity index (χ0n) is 12.1. The fourth-order valence-corrected chi connectivity index (χ4v) is 3.43. The van der Waals surface area contributed by atoms with Gasteiger partial charge in [0.15, 0.2) is 5.82 Å². The van der Waals surface area contributed by atoms with Crippen LogP contribution in [0.25, 0.3) is 0 Å². The Morgan fingerprint density at radius 3 is 2.77 bits per heavy atom. The van der Waals surface area contributed by atoms with Crippen molar-refractivity contribution in [2.24, 2.45) is 0 Å². The molecule has 0 amide bonds. The Morgan fingerprint density at radius 2 is 2.00 bits per heavy atom. The van der Waals surface area contributed by atoms with Crippen molar-refractivity contribution in [1.29, 1.82) is 0 Å². The second-order valence-corrected chi connectivity index (χ2v) is 5.99. The summed E-state index contributed by atoms with van der Waals surface area (Å²) in [5.41, 5.74) is -0.190. The first-order chi connectivity index (χ1) is 10.7. The summed E-state index contributed by atoms with van der Waals surface area (Å²) >= 11 is 0. The molecule has 0 aliphatic carbocycles. The van der Waals surface area contributed by atoms with Gasteiger partial charge in [0.1, 0.15) is 12.7 Å². The van der Waals surface area contributed by atoms with Crippen molar-refractivity contribution in [2.45, 2.75) is 30.9 Å². The Hall–Kier alpha value is -2.09. The first-order valence-corrected chi connectivity index (χ1v) is 7.45. The third-order valence-electron chi connectivity index (χ3n) is 4.48. The van der Waals surface area contributed by atoms with Crippen molar-refractivity contribution in [1.82, 2.24) is 24.7 Å². The molecule has 1 spiro atoms. The fourth-order valence-electron chi connectivity index (χ4n) is 3.43. The highest BCUT2D eigenvalue weighted by atomic mass is 19.1. The van der Waals surface area contributed by atoms with Crippen molar-refractivity contribution < 1.29 is 9.13 Å². The summed E-state index contributed by atoms with van der Waals surface area (Å²) in [6, 6.07) is 0.268. The maximum atomic E-state index is 13.0. The largest absolute Gasteiger partial charge is 0.371 e. The minimum Gasteiger partial charge on any atom is -0.371 e. The summed E-state index contributed by atoms with van der Waals surface area (Å²) in [5.74, 6) is 0.150. The molecule has 0 unspecified atom stereocenters. The van der Waals surface area contributed by atoms with E-state index < -0.39 is 5.82 Å². The molecule has 0 saturated carbocycles. The SMILES string of the molecule is Fc1cnc(N2CCC[C@@]3(C[C@H](n4cnnc4)CO3)C2)nc1. The van der Waals surface area contributed by atoms with E-state index in [1.54, 1.807) is 12.7 Å². The lowest BCUT2D eigenvalue weighted by atomic mass is 9.89. The van der Waals surface area contributed by atoms with Crippen molar-refractivity contribution >= 4 is 5.95 Å². The first kappa shape index (κ1) is 13.6. The number of ether oxygens (including phenoxy) is 1. The Balaban J connectivity index is 1.50. The van der Waals surface area contributed by atoms with Crippen molar-refractivity contribution in [3.05, 3.63) is 30.9 Å². The van der Waals surface area contributed by atoms with Crippen LogP contribution < -0.4 is 4.90 Å². The Bertz CT molecular complexity index is 633. The summed E-state index contributed by atoms with van der Waals surface area (Å²) < 4.78 is 21.1. The normalized spacial score (nSPS) is 28.4. The van der Waals surface area contributed by atoms with Gasteiger partial charge >= 0.3 is 0 Å². The molecule has 22 heavy (non-hydrogen) atoms. The third-order valence-corrected chi connectivity index (χ3v) is 4.48. The van der Waals surface area contributed by atoms with Crippen molar-refractivity contribution in [3.63, 3.8) is 0 Å². The Morgan fingerprint density at radius 1 is 1.23 bits per heavy atom. The molecule has 2 atom stereocenters. The quantitative estimate of drug-likeness (QED) is 0.830. The molecule has 4 rings (SSSR count). The van der Waals surface area contributed by atoms with E-state index in [0.717, 1.165) is 32.4 Å². The highest BCUT2D eigenvalue weighted by molar-refractivity contribution is 5.31. The molecule has 8 heteroatoms. The van der Waals surface area contributed by atoms with Crippen LogP contribution in [0.5, 0.6) is 0 Å². The van der Waals surface area contributed by atoms with Crippen LogP contribution in [0.15, 0.2) is 25.0 Å². The van der Waals surface area contributed by atoms with E-state index in [1.807, 2.05) is 4.57 Å². The lowest BCUT2D eigenvalue weighted by Gasteiger charge is -2.39. The minimum atomic E-state index is -0.416. The summed E-state index contributed by atoms with van der Waals surface area (Å²) in [6.45, 7) is 2.27. The van der Waals surface area contributed by atoms with Crippen LogP contribution in [0.1, 0.15) is 25.3 Å². The van der Waals surface area contributed by atoms with E-state index in [1.165, 1.54) is 12.4 Å². The van der Waals surface area contributed by atoms with Gasteiger partial charge in [0, 0.05) is 19.5 Å². The molecule has 2 aromatic heterocycles. The smallest absolute Gasteiger partial charge is 0.225 e.